The number of hydrogen-bond donors (Lipinski definition) is 2. The van der Waals surface area contributed by atoms with Crippen molar-refractivity contribution < 1.29 is 4.79 Å². The first-order valence-corrected chi connectivity index (χ1v) is 8.92. The van der Waals surface area contributed by atoms with Crippen molar-refractivity contribution in [1.29, 1.82) is 0 Å². The van der Waals surface area contributed by atoms with Crippen LogP contribution in [0.2, 0.25) is 15.1 Å². The van der Waals surface area contributed by atoms with Crippen LogP contribution in [0.15, 0.2) is 36.4 Å². The first-order chi connectivity index (χ1) is 11.4. The molecule has 0 atom stereocenters. The zero-order chi connectivity index (χ0) is 17.3. The van der Waals surface area contributed by atoms with Gasteiger partial charge in [0, 0.05) is 10.0 Å². The van der Waals surface area contributed by atoms with Gasteiger partial charge >= 0.3 is 0 Å². The van der Waals surface area contributed by atoms with Gasteiger partial charge < -0.3 is 5.32 Å². The summed E-state index contributed by atoms with van der Waals surface area (Å²) in [5.41, 5.74) is 1.07. The summed E-state index contributed by atoms with van der Waals surface area (Å²) >= 11 is 24.3. The number of fused-ring (bicyclic) bond motifs is 1. The molecule has 2 aromatic carbocycles. The lowest BCUT2D eigenvalue weighted by Gasteiger charge is -2.08. The molecular weight excluding hydrogens is 409 g/mol. The van der Waals surface area contributed by atoms with Crippen LogP contribution in [0.5, 0.6) is 0 Å². The highest BCUT2D eigenvalue weighted by molar-refractivity contribution is 7.80. The lowest BCUT2D eigenvalue weighted by Crippen LogP contribution is -2.34. The van der Waals surface area contributed by atoms with Crippen LogP contribution < -0.4 is 10.6 Å². The third-order valence-corrected chi connectivity index (χ3v) is 4.89. The maximum absolute atomic E-state index is 12.2. The molecule has 0 radical (unpaired) electrons. The predicted molar refractivity (Wildman–Crippen MR) is 105 cm³/mol. The first-order valence-electron chi connectivity index (χ1n) is 6.56. The standard InChI is InChI=1S/C15H8Cl3N3OS2/c16-7-1-3-9(10(18)5-7)13(22)20-14(23)21-15-19-11-4-2-8(17)6-12(11)24-15/h1-6H,(H2,19,20,21,22,23). The molecule has 0 spiro atoms. The van der Waals surface area contributed by atoms with Gasteiger partial charge in [0.15, 0.2) is 10.2 Å². The topological polar surface area (TPSA) is 54.0 Å². The number of halogens is 3. The molecule has 9 heteroatoms. The molecule has 0 aliphatic carbocycles. The third-order valence-electron chi connectivity index (χ3n) is 2.97. The van der Waals surface area contributed by atoms with E-state index in [1.54, 1.807) is 12.1 Å². The Labute approximate surface area is 161 Å². The van der Waals surface area contributed by atoms with E-state index < -0.39 is 5.91 Å². The normalized spacial score (nSPS) is 10.6. The molecule has 122 valence electrons. The van der Waals surface area contributed by atoms with Gasteiger partial charge in [0.05, 0.1) is 20.8 Å². The van der Waals surface area contributed by atoms with E-state index in [0.717, 1.165) is 10.2 Å². The molecule has 3 aromatic rings. The zero-order valence-corrected chi connectivity index (χ0v) is 15.7. The minimum atomic E-state index is -0.432. The highest BCUT2D eigenvalue weighted by Crippen LogP contribution is 2.28. The monoisotopic (exact) mass is 415 g/mol. The van der Waals surface area contributed by atoms with Crippen molar-refractivity contribution in [3.63, 3.8) is 0 Å². The van der Waals surface area contributed by atoms with Crippen molar-refractivity contribution in [3.05, 3.63) is 57.0 Å². The van der Waals surface area contributed by atoms with Gasteiger partial charge in [-0.25, -0.2) is 4.98 Å². The number of rotatable bonds is 2. The van der Waals surface area contributed by atoms with Crippen LogP contribution in [-0.2, 0) is 0 Å². The average molecular weight is 417 g/mol. The van der Waals surface area contributed by atoms with Crippen LogP contribution >= 0.6 is 58.4 Å². The number of carbonyl (C=O) groups excluding carboxylic acids is 1. The highest BCUT2D eigenvalue weighted by Gasteiger charge is 2.13. The van der Waals surface area contributed by atoms with Crippen molar-refractivity contribution in [2.75, 3.05) is 5.32 Å². The molecule has 0 saturated heterocycles. The molecule has 1 aromatic heterocycles. The number of hydrogen-bond acceptors (Lipinski definition) is 4. The van der Waals surface area contributed by atoms with E-state index >= 15 is 0 Å². The van der Waals surface area contributed by atoms with Crippen molar-refractivity contribution in [2.24, 2.45) is 0 Å². The number of thiocarbonyl (C=S) groups is 1. The number of aromatic nitrogens is 1. The summed E-state index contributed by atoms with van der Waals surface area (Å²) < 4.78 is 0.917. The second-order valence-corrected chi connectivity index (χ2v) is 7.38. The lowest BCUT2D eigenvalue weighted by atomic mass is 10.2. The van der Waals surface area contributed by atoms with Gasteiger partial charge in [-0.15, -0.1) is 0 Å². The Morgan fingerprint density at radius 2 is 1.79 bits per heavy atom. The van der Waals surface area contributed by atoms with Gasteiger partial charge in [-0.3, -0.25) is 10.1 Å². The summed E-state index contributed by atoms with van der Waals surface area (Å²) in [5, 5.41) is 7.44. The Morgan fingerprint density at radius 1 is 1.08 bits per heavy atom. The van der Waals surface area contributed by atoms with E-state index in [9.17, 15) is 4.79 Å². The molecule has 0 aliphatic rings. The molecule has 0 aliphatic heterocycles. The molecule has 0 fully saturated rings. The van der Waals surface area contributed by atoms with E-state index in [4.69, 9.17) is 47.0 Å². The zero-order valence-electron chi connectivity index (χ0n) is 11.8. The van der Waals surface area contributed by atoms with E-state index in [1.165, 1.54) is 23.5 Å². The van der Waals surface area contributed by atoms with Crippen molar-refractivity contribution in [3.8, 4) is 0 Å². The lowest BCUT2D eigenvalue weighted by molar-refractivity contribution is 0.0978. The smallest absolute Gasteiger partial charge is 0.258 e. The summed E-state index contributed by atoms with van der Waals surface area (Å²) in [7, 11) is 0. The molecule has 1 heterocycles. The predicted octanol–water partition coefficient (Wildman–Crippen LogP) is 5.38. The summed E-state index contributed by atoms with van der Waals surface area (Å²) in [4.78, 5) is 16.6. The number of nitrogens with zero attached hydrogens (tertiary/aromatic N) is 1. The molecule has 3 rings (SSSR count). The second-order valence-electron chi connectivity index (χ2n) is 4.66. The van der Waals surface area contributed by atoms with Gasteiger partial charge in [-0.05, 0) is 48.6 Å². The molecule has 24 heavy (non-hydrogen) atoms. The van der Waals surface area contributed by atoms with E-state index in [2.05, 4.69) is 15.6 Å². The maximum atomic E-state index is 12.2. The summed E-state index contributed by atoms with van der Waals surface area (Å²) in [6.07, 6.45) is 0. The fraction of sp³-hybridized carbons (Fsp3) is 0. The van der Waals surface area contributed by atoms with Crippen molar-refractivity contribution in [2.45, 2.75) is 0 Å². The Morgan fingerprint density at radius 3 is 2.54 bits per heavy atom. The Hall–Kier alpha value is -1.44. The quantitative estimate of drug-likeness (QED) is 0.550. The Balaban J connectivity index is 1.71. The van der Waals surface area contributed by atoms with Crippen molar-refractivity contribution >= 4 is 84.7 Å². The summed E-state index contributed by atoms with van der Waals surface area (Å²) in [6, 6.07) is 9.99. The fourth-order valence-electron chi connectivity index (χ4n) is 1.92. The maximum Gasteiger partial charge on any atom is 0.258 e. The minimum Gasteiger partial charge on any atom is -0.308 e. The number of anilines is 1. The van der Waals surface area contributed by atoms with Gasteiger partial charge in [0.1, 0.15) is 0 Å². The Bertz CT molecular complexity index is 958. The Kier molecular flexibility index (Phi) is 5.22. The van der Waals surface area contributed by atoms with E-state index in [1.807, 2.05) is 12.1 Å². The largest absolute Gasteiger partial charge is 0.308 e. The number of carbonyl (C=O) groups is 1. The van der Waals surface area contributed by atoms with Crippen LogP contribution in [0, 0.1) is 0 Å². The van der Waals surface area contributed by atoms with E-state index in [-0.39, 0.29) is 15.7 Å². The number of nitrogens with one attached hydrogen (secondary N) is 2. The second kappa shape index (κ2) is 7.21. The fourth-order valence-corrected chi connectivity index (χ4v) is 3.82. The molecule has 2 N–H and O–H groups in total. The molecule has 4 nitrogen and oxygen atoms in total. The summed E-state index contributed by atoms with van der Waals surface area (Å²) in [5.74, 6) is -0.432. The third kappa shape index (κ3) is 3.96. The van der Waals surface area contributed by atoms with Crippen LogP contribution in [0.3, 0.4) is 0 Å². The van der Waals surface area contributed by atoms with Gasteiger partial charge in [0.2, 0.25) is 0 Å². The summed E-state index contributed by atoms with van der Waals surface area (Å²) in [6.45, 7) is 0. The molecule has 0 bridgehead atoms. The minimum absolute atomic E-state index is 0.121. The molecule has 1 amide bonds. The van der Waals surface area contributed by atoms with Crippen LogP contribution in [-0.4, -0.2) is 16.0 Å². The van der Waals surface area contributed by atoms with Gasteiger partial charge in [0.25, 0.3) is 5.91 Å². The average Bonchev–Trinajstić information content (AvgIpc) is 2.87. The number of benzene rings is 2. The number of amides is 1. The molecule has 0 saturated carbocycles. The van der Waals surface area contributed by atoms with Crippen LogP contribution in [0.4, 0.5) is 5.13 Å². The SMILES string of the molecule is O=C(NC(=S)Nc1nc2ccc(Cl)cc2s1)c1ccc(Cl)cc1Cl. The molecular formula is C15H8Cl3N3OS2. The highest BCUT2D eigenvalue weighted by atomic mass is 35.5. The van der Waals surface area contributed by atoms with E-state index in [0.29, 0.717) is 15.2 Å². The number of thiazole rings is 1. The first kappa shape index (κ1) is 17.4. The van der Waals surface area contributed by atoms with Crippen LogP contribution in [0.1, 0.15) is 10.4 Å². The molecule has 0 unspecified atom stereocenters. The van der Waals surface area contributed by atoms with Gasteiger partial charge in [-0.2, -0.15) is 0 Å². The van der Waals surface area contributed by atoms with Gasteiger partial charge in [-0.1, -0.05) is 46.1 Å². The van der Waals surface area contributed by atoms with Crippen LogP contribution in [0.25, 0.3) is 10.2 Å². The van der Waals surface area contributed by atoms with Crippen molar-refractivity contribution in [1.82, 2.24) is 10.3 Å².